The molecule has 29 heavy (non-hydrogen) atoms. The number of para-hydroxylation sites is 1. The maximum atomic E-state index is 12.6. The van der Waals surface area contributed by atoms with Gasteiger partial charge in [-0.1, -0.05) is 48.5 Å². The molecule has 2 aromatic carbocycles. The Labute approximate surface area is 170 Å². The van der Waals surface area contributed by atoms with Crippen LogP contribution in [0.4, 0.5) is 5.69 Å². The van der Waals surface area contributed by atoms with E-state index in [0.717, 1.165) is 29.7 Å². The second-order valence-electron chi connectivity index (χ2n) is 7.07. The van der Waals surface area contributed by atoms with E-state index >= 15 is 0 Å². The van der Waals surface area contributed by atoms with Gasteiger partial charge in [0.2, 0.25) is 0 Å². The van der Waals surface area contributed by atoms with Crippen LogP contribution in [0.3, 0.4) is 0 Å². The van der Waals surface area contributed by atoms with Crippen LogP contribution in [0.15, 0.2) is 79.1 Å². The second-order valence-corrected chi connectivity index (χ2v) is 7.07. The maximum absolute atomic E-state index is 12.6. The molecule has 0 aliphatic rings. The van der Waals surface area contributed by atoms with Crippen molar-refractivity contribution in [3.8, 4) is 0 Å². The fraction of sp³-hybridized carbons (Fsp3) is 0.167. The third-order valence-corrected chi connectivity index (χ3v) is 5.04. The van der Waals surface area contributed by atoms with Crippen molar-refractivity contribution < 1.29 is 4.79 Å². The van der Waals surface area contributed by atoms with E-state index in [1.165, 1.54) is 10.9 Å². The molecule has 0 radical (unpaired) electrons. The van der Waals surface area contributed by atoms with E-state index in [0.29, 0.717) is 5.69 Å². The molecule has 0 fully saturated rings. The summed E-state index contributed by atoms with van der Waals surface area (Å²) < 4.78 is 0. The first kappa shape index (κ1) is 18.7. The van der Waals surface area contributed by atoms with E-state index in [4.69, 9.17) is 0 Å². The Morgan fingerprint density at radius 1 is 1.07 bits per heavy atom. The molecule has 4 rings (SSSR count). The smallest absolute Gasteiger partial charge is 0.270 e. The van der Waals surface area contributed by atoms with Crippen molar-refractivity contribution >= 4 is 22.5 Å². The first-order valence-corrected chi connectivity index (χ1v) is 9.81. The molecule has 5 heteroatoms. The van der Waals surface area contributed by atoms with Crippen LogP contribution in [0.2, 0.25) is 0 Å². The molecule has 5 nitrogen and oxygen atoms in total. The monoisotopic (exact) mass is 384 g/mol. The van der Waals surface area contributed by atoms with Crippen molar-refractivity contribution in [1.82, 2.24) is 15.3 Å². The molecule has 1 unspecified atom stereocenters. The van der Waals surface area contributed by atoms with Gasteiger partial charge in [0.15, 0.2) is 0 Å². The summed E-state index contributed by atoms with van der Waals surface area (Å²) in [6.45, 7) is 2.74. The lowest BCUT2D eigenvalue weighted by Gasteiger charge is -2.14. The number of anilines is 1. The van der Waals surface area contributed by atoms with E-state index in [9.17, 15) is 4.79 Å². The van der Waals surface area contributed by atoms with Crippen molar-refractivity contribution in [2.45, 2.75) is 19.4 Å². The molecular weight excluding hydrogens is 360 g/mol. The Morgan fingerprint density at radius 3 is 2.72 bits per heavy atom. The number of carbonyl (C=O) groups excluding carboxylic acids is 1. The molecule has 0 aliphatic heterocycles. The van der Waals surface area contributed by atoms with E-state index in [2.05, 4.69) is 45.0 Å². The summed E-state index contributed by atoms with van der Waals surface area (Å²) in [4.78, 5) is 20.1. The first-order chi connectivity index (χ1) is 14.2. The summed E-state index contributed by atoms with van der Waals surface area (Å²) in [5, 5.41) is 7.65. The molecule has 2 aromatic heterocycles. The minimum atomic E-state index is -0.179. The van der Waals surface area contributed by atoms with Gasteiger partial charge in [0.05, 0.1) is 6.04 Å². The fourth-order valence-electron chi connectivity index (χ4n) is 3.44. The van der Waals surface area contributed by atoms with Crippen molar-refractivity contribution in [3.63, 3.8) is 0 Å². The first-order valence-electron chi connectivity index (χ1n) is 9.81. The van der Waals surface area contributed by atoms with Crippen molar-refractivity contribution in [2.24, 2.45) is 0 Å². The summed E-state index contributed by atoms with van der Waals surface area (Å²) >= 11 is 0. The topological polar surface area (TPSA) is 69.8 Å². The normalized spacial score (nSPS) is 11.9. The standard InChI is InChI=1S/C24H24N4O/c1-17(18-7-3-2-4-8-18)28-24(29)23-15-20(12-14-26-23)25-13-11-19-16-27-22-10-6-5-9-21(19)22/h2-10,12,14-17,27H,11,13H2,1H3,(H,25,26)(H,28,29). The summed E-state index contributed by atoms with van der Waals surface area (Å²) in [6.07, 6.45) is 4.61. The summed E-state index contributed by atoms with van der Waals surface area (Å²) in [6, 6.07) is 21.8. The SMILES string of the molecule is CC(NC(=O)c1cc(NCCc2c[nH]c3ccccc23)ccn1)c1ccccc1. The Balaban J connectivity index is 1.36. The second kappa shape index (κ2) is 8.61. The van der Waals surface area contributed by atoms with Crippen LogP contribution in [0.25, 0.3) is 10.9 Å². The molecule has 0 saturated heterocycles. The molecule has 0 saturated carbocycles. The number of amides is 1. The van der Waals surface area contributed by atoms with Gasteiger partial charge in [0.1, 0.15) is 5.69 Å². The van der Waals surface area contributed by atoms with Crippen LogP contribution in [-0.4, -0.2) is 22.4 Å². The highest BCUT2D eigenvalue weighted by Crippen LogP contribution is 2.18. The van der Waals surface area contributed by atoms with Gasteiger partial charge in [-0.3, -0.25) is 9.78 Å². The number of hydrogen-bond donors (Lipinski definition) is 3. The highest BCUT2D eigenvalue weighted by atomic mass is 16.1. The van der Waals surface area contributed by atoms with Gasteiger partial charge in [0, 0.05) is 35.5 Å². The number of benzene rings is 2. The van der Waals surface area contributed by atoms with Gasteiger partial charge >= 0.3 is 0 Å². The number of aromatic nitrogens is 2. The molecule has 1 atom stereocenters. The van der Waals surface area contributed by atoms with E-state index in [1.807, 2.05) is 49.4 Å². The van der Waals surface area contributed by atoms with E-state index < -0.39 is 0 Å². The fourth-order valence-corrected chi connectivity index (χ4v) is 3.44. The van der Waals surface area contributed by atoms with E-state index in [1.54, 1.807) is 12.3 Å². The number of carbonyl (C=O) groups is 1. The molecule has 146 valence electrons. The average Bonchev–Trinajstić information content (AvgIpc) is 3.18. The lowest BCUT2D eigenvalue weighted by molar-refractivity contribution is 0.0935. The van der Waals surface area contributed by atoms with Gasteiger partial charge in [-0.05, 0) is 42.7 Å². The summed E-state index contributed by atoms with van der Waals surface area (Å²) in [7, 11) is 0. The van der Waals surface area contributed by atoms with Gasteiger partial charge in [-0.25, -0.2) is 0 Å². The molecule has 3 N–H and O–H groups in total. The Kier molecular flexibility index (Phi) is 5.56. The lowest BCUT2D eigenvalue weighted by atomic mass is 10.1. The molecule has 0 spiro atoms. The minimum Gasteiger partial charge on any atom is -0.385 e. The molecule has 0 aliphatic carbocycles. The number of nitrogens with zero attached hydrogens (tertiary/aromatic N) is 1. The molecule has 0 bridgehead atoms. The van der Waals surface area contributed by atoms with Crippen molar-refractivity contribution in [2.75, 3.05) is 11.9 Å². The van der Waals surface area contributed by atoms with Gasteiger partial charge in [-0.15, -0.1) is 0 Å². The number of H-pyrrole nitrogens is 1. The van der Waals surface area contributed by atoms with Crippen molar-refractivity contribution in [3.05, 3.63) is 95.9 Å². The van der Waals surface area contributed by atoms with Gasteiger partial charge < -0.3 is 15.6 Å². The Morgan fingerprint density at radius 2 is 1.86 bits per heavy atom. The van der Waals surface area contributed by atoms with Crippen molar-refractivity contribution in [1.29, 1.82) is 0 Å². The van der Waals surface area contributed by atoms with Crippen LogP contribution < -0.4 is 10.6 Å². The number of nitrogens with one attached hydrogen (secondary N) is 3. The van der Waals surface area contributed by atoms with E-state index in [-0.39, 0.29) is 11.9 Å². The minimum absolute atomic E-state index is 0.0796. The third kappa shape index (κ3) is 4.46. The molecule has 4 aromatic rings. The van der Waals surface area contributed by atoms with Crippen LogP contribution in [0, 0.1) is 0 Å². The average molecular weight is 384 g/mol. The molecule has 1 amide bonds. The van der Waals surface area contributed by atoms with Crippen LogP contribution in [0.1, 0.15) is 34.6 Å². The number of fused-ring (bicyclic) bond motifs is 1. The van der Waals surface area contributed by atoms with Crippen LogP contribution in [0.5, 0.6) is 0 Å². The lowest BCUT2D eigenvalue weighted by Crippen LogP contribution is -2.27. The van der Waals surface area contributed by atoms with Crippen LogP contribution >= 0.6 is 0 Å². The predicted octanol–water partition coefficient (Wildman–Crippen LogP) is 4.71. The van der Waals surface area contributed by atoms with Crippen LogP contribution in [-0.2, 0) is 6.42 Å². The zero-order chi connectivity index (χ0) is 20.1. The largest absolute Gasteiger partial charge is 0.385 e. The molecule has 2 heterocycles. The predicted molar refractivity (Wildman–Crippen MR) is 117 cm³/mol. The highest BCUT2D eigenvalue weighted by molar-refractivity contribution is 5.93. The molecular formula is C24H24N4O. The van der Waals surface area contributed by atoms with Gasteiger partial charge in [0.25, 0.3) is 5.91 Å². The Hall–Kier alpha value is -3.60. The Bertz CT molecular complexity index is 1100. The summed E-state index contributed by atoms with van der Waals surface area (Å²) in [5.74, 6) is -0.179. The zero-order valence-corrected chi connectivity index (χ0v) is 16.4. The zero-order valence-electron chi connectivity index (χ0n) is 16.4. The number of pyridine rings is 1. The number of aromatic amines is 1. The number of rotatable bonds is 7. The quantitative estimate of drug-likeness (QED) is 0.432. The van der Waals surface area contributed by atoms with Gasteiger partial charge in [-0.2, -0.15) is 0 Å². The highest BCUT2D eigenvalue weighted by Gasteiger charge is 2.13. The number of hydrogen-bond acceptors (Lipinski definition) is 3. The maximum Gasteiger partial charge on any atom is 0.270 e. The summed E-state index contributed by atoms with van der Waals surface area (Å²) in [5.41, 5.74) is 4.78. The third-order valence-electron chi connectivity index (χ3n) is 5.04.